The van der Waals surface area contributed by atoms with E-state index in [1.807, 2.05) is 0 Å². The third-order valence-corrected chi connectivity index (χ3v) is 12.6. The fraction of sp³-hybridized carbons (Fsp3) is 0.980. The largest absolute Gasteiger partial charge is 0.394 e. The number of amides is 1. The summed E-state index contributed by atoms with van der Waals surface area (Å²) in [5, 5.41) is 43.7. The van der Waals surface area contributed by atoms with Gasteiger partial charge in [-0.1, -0.05) is 277 Å². The maximum absolute atomic E-state index is 12.5. The summed E-state index contributed by atoms with van der Waals surface area (Å²) >= 11 is 0. The highest BCUT2D eigenvalue weighted by molar-refractivity contribution is 5.80. The van der Waals surface area contributed by atoms with Crippen molar-refractivity contribution < 1.29 is 25.2 Å². The molecule has 0 bridgehead atoms. The molecule has 0 aromatic heterocycles. The Labute approximate surface area is 356 Å². The monoisotopic (exact) mass is 810 g/mol. The van der Waals surface area contributed by atoms with Crippen LogP contribution in [0.15, 0.2) is 0 Å². The Hall–Kier alpha value is -0.690. The van der Waals surface area contributed by atoms with E-state index in [-0.39, 0.29) is 0 Å². The van der Waals surface area contributed by atoms with Crippen LogP contribution in [0.1, 0.15) is 290 Å². The van der Waals surface area contributed by atoms with Crippen molar-refractivity contribution in [3.63, 3.8) is 0 Å². The number of carbonyl (C=O) groups is 1. The fourth-order valence-electron chi connectivity index (χ4n) is 8.47. The third-order valence-electron chi connectivity index (χ3n) is 12.6. The fourth-order valence-corrected chi connectivity index (χ4v) is 8.47. The second-order valence-electron chi connectivity index (χ2n) is 18.2. The predicted molar refractivity (Wildman–Crippen MR) is 247 cm³/mol. The molecule has 57 heavy (non-hydrogen) atoms. The Morgan fingerprint density at radius 3 is 0.842 bits per heavy atom. The highest BCUT2D eigenvalue weighted by atomic mass is 16.3. The van der Waals surface area contributed by atoms with Gasteiger partial charge in [0.05, 0.1) is 18.8 Å². The van der Waals surface area contributed by atoms with Crippen molar-refractivity contribution >= 4 is 5.91 Å². The zero-order valence-electron chi connectivity index (χ0n) is 38.6. The van der Waals surface area contributed by atoms with Crippen LogP contribution in [0.4, 0.5) is 0 Å². The second-order valence-corrected chi connectivity index (χ2v) is 18.2. The van der Waals surface area contributed by atoms with Gasteiger partial charge in [0.1, 0.15) is 12.2 Å². The molecule has 1 amide bonds. The molecule has 342 valence electrons. The van der Waals surface area contributed by atoms with Crippen molar-refractivity contribution in [3.05, 3.63) is 0 Å². The lowest BCUT2D eigenvalue weighted by Crippen LogP contribution is -2.53. The van der Waals surface area contributed by atoms with E-state index in [0.717, 1.165) is 38.5 Å². The van der Waals surface area contributed by atoms with Gasteiger partial charge in [-0.15, -0.1) is 0 Å². The van der Waals surface area contributed by atoms with Crippen molar-refractivity contribution in [2.75, 3.05) is 6.61 Å². The zero-order valence-corrected chi connectivity index (χ0v) is 38.6. The quantitative estimate of drug-likeness (QED) is 0.0393. The zero-order chi connectivity index (χ0) is 41.7. The summed E-state index contributed by atoms with van der Waals surface area (Å²) in [5.41, 5.74) is 0. The number of nitrogens with one attached hydrogen (secondary N) is 1. The highest BCUT2D eigenvalue weighted by Crippen LogP contribution is 2.18. The van der Waals surface area contributed by atoms with E-state index >= 15 is 0 Å². The van der Waals surface area contributed by atoms with Gasteiger partial charge in [-0.25, -0.2) is 0 Å². The Morgan fingerprint density at radius 1 is 0.368 bits per heavy atom. The average molecular weight is 810 g/mol. The van der Waals surface area contributed by atoms with Gasteiger partial charge in [-0.05, 0) is 12.8 Å². The minimum absolute atomic E-state index is 0.374. The predicted octanol–water partition coefficient (Wildman–Crippen LogP) is 14.4. The van der Waals surface area contributed by atoms with E-state index in [4.69, 9.17) is 0 Å². The van der Waals surface area contributed by atoms with Crippen LogP contribution >= 0.6 is 0 Å². The molecule has 6 nitrogen and oxygen atoms in total. The first-order valence-electron chi connectivity index (χ1n) is 25.9. The number of hydrogen-bond acceptors (Lipinski definition) is 5. The first kappa shape index (κ1) is 56.3. The molecular formula is C51H103NO5. The van der Waals surface area contributed by atoms with Gasteiger partial charge in [-0.3, -0.25) is 4.79 Å². The van der Waals surface area contributed by atoms with Gasteiger partial charge in [0, 0.05) is 0 Å². The second kappa shape index (κ2) is 46.4. The maximum atomic E-state index is 12.5. The van der Waals surface area contributed by atoms with Gasteiger partial charge in [-0.2, -0.15) is 0 Å². The molecule has 0 radical (unpaired) electrons. The summed E-state index contributed by atoms with van der Waals surface area (Å²) in [5.74, 6) is -0.580. The lowest BCUT2D eigenvalue weighted by atomic mass is 9.99. The molecule has 4 unspecified atom stereocenters. The smallest absolute Gasteiger partial charge is 0.249 e. The molecule has 0 heterocycles. The van der Waals surface area contributed by atoms with E-state index in [0.29, 0.717) is 12.8 Å². The molecule has 0 aromatic rings. The highest BCUT2D eigenvalue weighted by Gasteiger charge is 2.28. The lowest BCUT2D eigenvalue weighted by molar-refractivity contribution is -0.132. The summed E-state index contributed by atoms with van der Waals surface area (Å²) < 4.78 is 0. The van der Waals surface area contributed by atoms with Crippen LogP contribution in [0.25, 0.3) is 0 Å². The molecule has 4 atom stereocenters. The molecule has 0 saturated carbocycles. The number of aliphatic hydroxyl groups is 4. The average Bonchev–Trinajstić information content (AvgIpc) is 3.22. The molecule has 0 rings (SSSR count). The Kier molecular flexibility index (Phi) is 45.8. The van der Waals surface area contributed by atoms with Crippen LogP contribution in [0, 0.1) is 0 Å². The summed E-state index contributed by atoms with van der Waals surface area (Å²) in [6.07, 6.45) is 51.8. The van der Waals surface area contributed by atoms with Crippen LogP contribution in [0.5, 0.6) is 0 Å². The summed E-state index contributed by atoms with van der Waals surface area (Å²) in [6.45, 7) is 4.06. The first-order valence-corrected chi connectivity index (χ1v) is 25.9. The van der Waals surface area contributed by atoms with Crippen molar-refractivity contribution in [3.8, 4) is 0 Å². The van der Waals surface area contributed by atoms with Crippen LogP contribution in [0.2, 0.25) is 0 Å². The topological polar surface area (TPSA) is 110 Å². The number of carbonyl (C=O) groups excluding carboxylic acids is 1. The van der Waals surface area contributed by atoms with Gasteiger partial charge in [0.25, 0.3) is 0 Å². The van der Waals surface area contributed by atoms with Gasteiger partial charge >= 0.3 is 0 Å². The van der Waals surface area contributed by atoms with Crippen LogP contribution in [-0.2, 0) is 4.79 Å². The normalized spacial score (nSPS) is 13.9. The van der Waals surface area contributed by atoms with Crippen molar-refractivity contribution in [1.82, 2.24) is 5.32 Å². The Bertz CT molecular complexity index is 781. The molecule has 0 aliphatic carbocycles. The summed E-state index contributed by atoms with van der Waals surface area (Å²) in [4.78, 5) is 12.5. The lowest BCUT2D eigenvalue weighted by Gasteiger charge is -2.27. The summed E-state index contributed by atoms with van der Waals surface area (Å²) in [7, 11) is 0. The Balaban J connectivity index is 3.52. The van der Waals surface area contributed by atoms with E-state index < -0.39 is 36.9 Å². The number of hydrogen-bond donors (Lipinski definition) is 5. The van der Waals surface area contributed by atoms with Gasteiger partial charge < -0.3 is 25.7 Å². The van der Waals surface area contributed by atoms with Crippen molar-refractivity contribution in [2.24, 2.45) is 0 Å². The molecule has 0 fully saturated rings. The van der Waals surface area contributed by atoms with Crippen LogP contribution < -0.4 is 5.32 Å². The van der Waals surface area contributed by atoms with Gasteiger partial charge in [0.15, 0.2) is 0 Å². The van der Waals surface area contributed by atoms with Crippen LogP contribution in [-0.4, -0.2) is 57.3 Å². The van der Waals surface area contributed by atoms with Crippen molar-refractivity contribution in [2.45, 2.75) is 314 Å². The van der Waals surface area contributed by atoms with Crippen molar-refractivity contribution in [1.29, 1.82) is 0 Å². The Morgan fingerprint density at radius 2 is 0.596 bits per heavy atom. The summed E-state index contributed by atoms with van der Waals surface area (Å²) in [6, 6.07) is -0.979. The molecule has 0 aliphatic heterocycles. The number of rotatable bonds is 48. The molecular weight excluding hydrogens is 707 g/mol. The molecule has 0 spiro atoms. The molecule has 6 heteroatoms. The number of aliphatic hydroxyl groups excluding tert-OH is 4. The first-order chi connectivity index (χ1) is 28.0. The maximum Gasteiger partial charge on any atom is 0.249 e. The van der Waals surface area contributed by atoms with Gasteiger partial charge in [0.2, 0.25) is 5.91 Å². The van der Waals surface area contributed by atoms with Crippen LogP contribution in [0.3, 0.4) is 0 Å². The molecule has 5 N–H and O–H groups in total. The minimum Gasteiger partial charge on any atom is -0.394 e. The molecule has 0 saturated heterocycles. The van der Waals surface area contributed by atoms with E-state index in [1.165, 1.54) is 225 Å². The SMILES string of the molecule is CCCCCCCCCCCCCCCCCCCCCCCCCCCCCCCCC(O)C(O)C(CO)NC(=O)C(O)CCCCCCCCCCCCC. The van der Waals surface area contributed by atoms with E-state index in [2.05, 4.69) is 19.2 Å². The number of unbranched alkanes of at least 4 members (excludes halogenated alkanes) is 39. The van der Waals surface area contributed by atoms with E-state index in [1.54, 1.807) is 0 Å². The third kappa shape index (κ3) is 40.5. The standard InChI is InChI=1S/C51H103NO5/c1-3-5-7-9-11-13-15-16-17-18-19-20-21-22-23-24-25-26-27-28-29-30-31-32-33-35-36-38-40-42-44-48(54)50(56)47(46-53)52-51(57)49(55)45-43-41-39-37-34-14-12-10-8-6-4-2/h47-50,53-56H,3-46H2,1-2H3,(H,52,57). The molecule has 0 aliphatic rings. The molecule has 0 aromatic carbocycles. The minimum atomic E-state index is -1.25. The van der Waals surface area contributed by atoms with E-state index in [9.17, 15) is 25.2 Å².